The number of hydrogen-bond acceptors (Lipinski definition) is 3. The molecule has 20 heavy (non-hydrogen) atoms. The predicted octanol–water partition coefficient (Wildman–Crippen LogP) is 4.04. The average molecular weight is 274 g/mol. The highest BCUT2D eigenvalue weighted by molar-refractivity contribution is 5.88. The number of carbonyl (C=O) groups is 1. The lowest BCUT2D eigenvalue weighted by atomic mass is 10.0. The minimum absolute atomic E-state index is 0.0527. The van der Waals surface area contributed by atoms with Crippen molar-refractivity contribution in [3.05, 3.63) is 35.8 Å². The van der Waals surface area contributed by atoms with E-state index in [-0.39, 0.29) is 5.69 Å². The molecule has 0 aliphatic heterocycles. The lowest BCUT2D eigenvalue weighted by molar-refractivity contribution is 0.0690. The van der Waals surface area contributed by atoms with Gasteiger partial charge >= 0.3 is 5.97 Å². The molecule has 1 aromatic rings. The molecule has 0 aliphatic carbocycles. The van der Waals surface area contributed by atoms with Crippen molar-refractivity contribution in [3.63, 3.8) is 0 Å². The first-order valence-corrected chi connectivity index (χ1v) is 6.92. The molecule has 4 nitrogen and oxygen atoms in total. The molecule has 1 heterocycles. The maximum atomic E-state index is 10.9. The van der Waals surface area contributed by atoms with E-state index in [9.17, 15) is 4.79 Å². The molecule has 1 atom stereocenters. The van der Waals surface area contributed by atoms with Gasteiger partial charge in [-0.3, -0.25) is 4.99 Å². The van der Waals surface area contributed by atoms with Gasteiger partial charge in [0.15, 0.2) is 0 Å². The van der Waals surface area contributed by atoms with Gasteiger partial charge in [0.05, 0.1) is 0 Å². The summed E-state index contributed by atoms with van der Waals surface area (Å²) in [6.07, 6.45) is 5.31. The molecule has 1 rings (SSSR count). The van der Waals surface area contributed by atoms with Crippen molar-refractivity contribution in [1.82, 2.24) is 4.98 Å². The van der Waals surface area contributed by atoms with Crippen LogP contribution in [-0.2, 0) is 0 Å². The SMILES string of the molecule is CCC(=NC=C(C)c1ccnc(C(=O)O)c1)C(C)CC. The summed E-state index contributed by atoms with van der Waals surface area (Å²) in [5.41, 5.74) is 2.99. The lowest BCUT2D eigenvalue weighted by Gasteiger charge is -2.09. The Hall–Kier alpha value is -1.97. The minimum Gasteiger partial charge on any atom is -0.477 e. The Morgan fingerprint density at radius 3 is 2.75 bits per heavy atom. The van der Waals surface area contributed by atoms with Gasteiger partial charge in [-0.05, 0) is 49.0 Å². The smallest absolute Gasteiger partial charge is 0.354 e. The topological polar surface area (TPSA) is 62.5 Å². The summed E-state index contributed by atoms with van der Waals surface area (Å²) in [6.45, 7) is 8.34. The highest BCUT2D eigenvalue weighted by atomic mass is 16.4. The van der Waals surface area contributed by atoms with Gasteiger partial charge in [0.25, 0.3) is 0 Å². The second-order valence-electron chi connectivity index (χ2n) is 4.83. The van der Waals surface area contributed by atoms with Crippen molar-refractivity contribution in [1.29, 1.82) is 0 Å². The summed E-state index contributed by atoms with van der Waals surface area (Å²) >= 11 is 0. The summed E-state index contributed by atoms with van der Waals surface area (Å²) in [7, 11) is 0. The number of nitrogens with zero attached hydrogens (tertiary/aromatic N) is 2. The third-order valence-corrected chi connectivity index (χ3v) is 3.40. The molecule has 1 N–H and O–H groups in total. The Kier molecular flexibility index (Phi) is 6.10. The first-order valence-electron chi connectivity index (χ1n) is 6.92. The molecule has 0 bridgehead atoms. The van der Waals surface area contributed by atoms with Crippen LogP contribution in [0.5, 0.6) is 0 Å². The van der Waals surface area contributed by atoms with Crippen molar-refractivity contribution in [3.8, 4) is 0 Å². The number of aromatic carboxylic acids is 1. The van der Waals surface area contributed by atoms with E-state index < -0.39 is 5.97 Å². The maximum Gasteiger partial charge on any atom is 0.354 e. The van der Waals surface area contributed by atoms with E-state index in [4.69, 9.17) is 5.11 Å². The summed E-state index contributed by atoms with van der Waals surface area (Å²) in [5, 5.41) is 8.94. The fourth-order valence-corrected chi connectivity index (χ4v) is 1.85. The molecule has 1 aromatic heterocycles. The monoisotopic (exact) mass is 274 g/mol. The Bertz CT molecular complexity index is 533. The van der Waals surface area contributed by atoms with E-state index in [0.29, 0.717) is 5.92 Å². The Balaban J connectivity index is 3.01. The van der Waals surface area contributed by atoms with Crippen LogP contribution >= 0.6 is 0 Å². The summed E-state index contributed by atoms with van der Waals surface area (Å²) in [5.74, 6) is -0.548. The van der Waals surface area contributed by atoms with Crippen molar-refractivity contribution >= 4 is 17.3 Å². The van der Waals surface area contributed by atoms with E-state index in [0.717, 1.165) is 24.0 Å². The van der Waals surface area contributed by atoms with Crippen molar-refractivity contribution < 1.29 is 9.90 Å². The lowest BCUT2D eigenvalue weighted by Crippen LogP contribution is -2.08. The van der Waals surface area contributed by atoms with Crippen LogP contribution in [-0.4, -0.2) is 21.8 Å². The molecule has 0 fully saturated rings. The van der Waals surface area contributed by atoms with Crippen LogP contribution in [0.15, 0.2) is 29.5 Å². The van der Waals surface area contributed by atoms with E-state index in [1.165, 1.54) is 11.9 Å². The summed E-state index contributed by atoms with van der Waals surface area (Å²) < 4.78 is 0. The van der Waals surface area contributed by atoms with Gasteiger partial charge in [-0.15, -0.1) is 0 Å². The van der Waals surface area contributed by atoms with Crippen LogP contribution in [0.3, 0.4) is 0 Å². The number of carboxylic acids is 1. The number of aliphatic imine (C=N–C) groups is 1. The van der Waals surface area contributed by atoms with Crippen LogP contribution in [0.25, 0.3) is 5.57 Å². The largest absolute Gasteiger partial charge is 0.477 e. The van der Waals surface area contributed by atoms with Gasteiger partial charge in [0.2, 0.25) is 0 Å². The number of carboxylic acid groups (broad SMARTS) is 1. The third kappa shape index (κ3) is 4.30. The molecule has 0 aliphatic rings. The van der Waals surface area contributed by atoms with Gasteiger partial charge in [-0.1, -0.05) is 20.8 Å². The number of pyridine rings is 1. The second-order valence-corrected chi connectivity index (χ2v) is 4.83. The van der Waals surface area contributed by atoms with Gasteiger partial charge in [-0.25, -0.2) is 9.78 Å². The van der Waals surface area contributed by atoms with Crippen LogP contribution in [0.4, 0.5) is 0 Å². The molecule has 0 radical (unpaired) electrons. The maximum absolute atomic E-state index is 10.9. The first kappa shape index (κ1) is 16.1. The molecule has 108 valence electrons. The average Bonchev–Trinajstić information content (AvgIpc) is 2.47. The van der Waals surface area contributed by atoms with Gasteiger partial charge < -0.3 is 5.11 Å². The molecule has 0 saturated heterocycles. The second kappa shape index (κ2) is 7.58. The highest BCUT2D eigenvalue weighted by Gasteiger charge is 2.07. The molecule has 4 heteroatoms. The molecule has 0 spiro atoms. The number of aromatic nitrogens is 1. The predicted molar refractivity (Wildman–Crippen MR) is 82.0 cm³/mol. The molecule has 0 amide bonds. The Morgan fingerprint density at radius 2 is 2.20 bits per heavy atom. The summed E-state index contributed by atoms with van der Waals surface area (Å²) in [6, 6.07) is 3.36. The molecular weight excluding hydrogens is 252 g/mol. The number of allylic oxidation sites excluding steroid dienone is 1. The fraction of sp³-hybridized carbons (Fsp3) is 0.438. The van der Waals surface area contributed by atoms with E-state index in [2.05, 4.69) is 30.7 Å². The van der Waals surface area contributed by atoms with Crippen LogP contribution in [0.2, 0.25) is 0 Å². The standard InChI is InChI=1S/C16H22N2O2/c1-5-11(3)14(6-2)18-10-12(4)13-7-8-17-15(9-13)16(19)20/h7-11H,5-6H2,1-4H3,(H,19,20). The zero-order chi connectivity index (χ0) is 15.1. The molecule has 1 unspecified atom stereocenters. The Labute approximate surface area is 120 Å². The van der Waals surface area contributed by atoms with Crippen LogP contribution < -0.4 is 0 Å². The zero-order valence-electron chi connectivity index (χ0n) is 12.6. The molecule has 0 saturated carbocycles. The minimum atomic E-state index is -1.02. The van der Waals surface area contributed by atoms with Gasteiger partial charge in [0, 0.05) is 18.1 Å². The third-order valence-electron chi connectivity index (χ3n) is 3.40. The highest BCUT2D eigenvalue weighted by Crippen LogP contribution is 2.15. The molecular formula is C16H22N2O2. The van der Waals surface area contributed by atoms with Crippen molar-refractivity contribution in [2.24, 2.45) is 10.9 Å². The van der Waals surface area contributed by atoms with E-state index >= 15 is 0 Å². The fourth-order valence-electron chi connectivity index (χ4n) is 1.85. The van der Waals surface area contributed by atoms with Crippen LogP contribution in [0.1, 0.15) is 56.6 Å². The first-order chi connectivity index (χ1) is 9.49. The quantitative estimate of drug-likeness (QED) is 0.796. The van der Waals surface area contributed by atoms with Gasteiger partial charge in [-0.2, -0.15) is 0 Å². The molecule has 0 aromatic carbocycles. The van der Waals surface area contributed by atoms with Crippen molar-refractivity contribution in [2.45, 2.75) is 40.5 Å². The normalized spacial score (nSPS) is 14.2. The van der Waals surface area contributed by atoms with Crippen LogP contribution in [0, 0.1) is 5.92 Å². The van der Waals surface area contributed by atoms with Crippen molar-refractivity contribution in [2.75, 3.05) is 0 Å². The van der Waals surface area contributed by atoms with E-state index in [1.807, 2.05) is 13.1 Å². The Morgan fingerprint density at radius 1 is 1.50 bits per heavy atom. The van der Waals surface area contributed by atoms with E-state index in [1.54, 1.807) is 12.1 Å². The van der Waals surface area contributed by atoms with Gasteiger partial charge in [0.1, 0.15) is 5.69 Å². The summed E-state index contributed by atoms with van der Waals surface area (Å²) in [4.78, 5) is 19.3. The number of rotatable bonds is 6. The zero-order valence-corrected chi connectivity index (χ0v) is 12.6. The number of hydrogen-bond donors (Lipinski definition) is 1.